The Labute approximate surface area is 77.9 Å². The molecule has 0 aliphatic heterocycles. The van der Waals surface area contributed by atoms with Crippen LogP contribution in [-0.2, 0) is 6.54 Å². The van der Waals surface area contributed by atoms with Crippen molar-refractivity contribution in [2.45, 2.75) is 6.54 Å². The molecule has 0 heterocycles. The summed E-state index contributed by atoms with van der Waals surface area (Å²) in [6, 6.07) is 10.3. The molecule has 0 bridgehead atoms. The van der Waals surface area contributed by atoms with Gasteiger partial charge in [-0.05, 0) is 11.8 Å². The summed E-state index contributed by atoms with van der Waals surface area (Å²) in [6.07, 6.45) is 2.01. The summed E-state index contributed by atoms with van der Waals surface area (Å²) < 4.78 is 0. The molecule has 1 aromatic carbocycles. The fourth-order valence-electron chi connectivity index (χ4n) is 0.869. The van der Waals surface area contributed by atoms with Crippen molar-refractivity contribution in [2.75, 3.05) is 6.26 Å². The van der Waals surface area contributed by atoms with E-state index in [0.717, 1.165) is 11.6 Å². The molecule has 0 aliphatic carbocycles. The van der Waals surface area contributed by atoms with Crippen molar-refractivity contribution in [1.29, 1.82) is 0 Å². The van der Waals surface area contributed by atoms with Crippen LogP contribution in [0.3, 0.4) is 0 Å². The Balaban J connectivity index is 2.38. The maximum absolute atomic E-state index is 3.84. The van der Waals surface area contributed by atoms with E-state index in [1.54, 1.807) is 11.8 Å². The van der Waals surface area contributed by atoms with Crippen molar-refractivity contribution in [1.82, 2.24) is 5.32 Å². The highest BCUT2D eigenvalue weighted by Crippen LogP contribution is 2.05. The molecule has 0 aliphatic rings. The maximum Gasteiger partial charge on any atom is 0.0608 e. The zero-order valence-electron chi connectivity index (χ0n) is 7.21. The second kappa shape index (κ2) is 4.88. The first-order valence-electron chi connectivity index (χ1n) is 3.83. The lowest BCUT2D eigenvalue weighted by Crippen LogP contribution is -2.08. The third kappa shape index (κ3) is 3.01. The van der Waals surface area contributed by atoms with Gasteiger partial charge in [-0.2, -0.15) is 0 Å². The molecule has 0 amide bonds. The van der Waals surface area contributed by atoms with Crippen molar-refractivity contribution in [3.05, 3.63) is 47.5 Å². The summed E-state index contributed by atoms with van der Waals surface area (Å²) in [5.74, 6) is 0. The van der Waals surface area contributed by atoms with E-state index in [0.29, 0.717) is 0 Å². The van der Waals surface area contributed by atoms with Gasteiger partial charge in [0.25, 0.3) is 0 Å². The van der Waals surface area contributed by atoms with Gasteiger partial charge in [0.15, 0.2) is 0 Å². The third-order valence-electron chi connectivity index (χ3n) is 1.58. The minimum absolute atomic E-state index is 0.862. The fraction of sp³-hybridized carbons (Fsp3) is 0.200. The van der Waals surface area contributed by atoms with E-state index >= 15 is 0 Å². The van der Waals surface area contributed by atoms with Gasteiger partial charge in [-0.15, -0.1) is 11.8 Å². The Morgan fingerprint density at radius 2 is 2.08 bits per heavy atom. The number of nitrogens with one attached hydrogen (secondary N) is 1. The topological polar surface area (TPSA) is 12.0 Å². The molecule has 0 atom stereocenters. The Morgan fingerprint density at radius 1 is 1.42 bits per heavy atom. The minimum atomic E-state index is 0.862. The predicted molar refractivity (Wildman–Crippen MR) is 55.9 cm³/mol. The second-order valence-corrected chi connectivity index (χ2v) is 3.37. The molecule has 0 fully saturated rings. The first-order valence-corrected chi connectivity index (χ1v) is 5.06. The van der Waals surface area contributed by atoms with Crippen LogP contribution in [0.15, 0.2) is 41.9 Å². The van der Waals surface area contributed by atoms with E-state index in [9.17, 15) is 0 Å². The summed E-state index contributed by atoms with van der Waals surface area (Å²) in [7, 11) is 0. The minimum Gasteiger partial charge on any atom is -0.376 e. The molecule has 0 unspecified atom stereocenters. The van der Waals surface area contributed by atoms with Gasteiger partial charge in [-0.3, -0.25) is 0 Å². The summed E-state index contributed by atoms with van der Waals surface area (Å²) in [6.45, 7) is 4.70. The first-order chi connectivity index (χ1) is 5.83. The summed E-state index contributed by atoms with van der Waals surface area (Å²) in [5, 5.41) is 4.23. The average molecular weight is 179 g/mol. The molecule has 1 rings (SSSR count). The number of hydrogen-bond acceptors (Lipinski definition) is 2. The molecular formula is C10H13NS. The van der Waals surface area contributed by atoms with Gasteiger partial charge in [-0.1, -0.05) is 36.9 Å². The monoisotopic (exact) mass is 179 g/mol. The van der Waals surface area contributed by atoms with E-state index < -0.39 is 0 Å². The van der Waals surface area contributed by atoms with Crippen LogP contribution in [0.2, 0.25) is 0 Å². The molecule has 1 aromatic rings. The third-order valence-corrected chi connectivity index (χ3v) is 2.22. The average Bonchev–Trinajstić information content (AvgIpc) is 2.16. The van der Waals surface area contributed by atoms with Gasteiger partial charge in [0.05, 0.1) is 5.03 Å². The van der Waals surface area contributed by atoms with Gasteiger partial charge in [0, 0.05) is 6.54 Å². The molecule has 2 heteroatoms. The molecule has 0 spiro atoms. The summed E-state index contributed by atoms with van der Waals surface area (Å²) >= 11 is 1.64. The largest absolute Gasteiger partial charge is 0.376 e. The van der Waals surface area contributed by atoms with Crippen molar-refractivity contribution < 1.29 is 0 Å². The standard InChI is InChI=1S/C10H13NS/c1-9(12-2)11-8-10-6-4-3-5-7-10/h3-7,11H,1,8H2,2H3. The van der Waals surface area contributed by atoms with Crippen LogP contribution in [-0.4, -0.2) is 6.26 Å². The number of benzene rings is 1. The lowest BCUT2D eigenvalue weighted by molar-refractivity contribution is 0.860. The van der Waals surface area contributed by atoms with Crippen LogP contribution in [0.1, 0.15) is 5.56 Å². The van der Waals surface area contributed by atoms with Gasteiger partial charge >= 0.3 is 0 Å². The van der Waals surface area contributed by atoms with Gasteiger partial charge < -0.3 is 5.32 Å². The van der Waals surface area contributed by atoms with E-state index in [-0.39, 0.29) is 0 Å². The zero-order chi connectivity index (χ0) is 8.81. The summed E-state index contributed by atoms with van der Waals surface area (Å²) in [5.41, 5.74) is 1.28. The lowest BCUT2D eigenvalue weighted by Gasteiger charge is -2.05. The van der Waals surface area contributed by atoms with Crippen molar-refractivity contribution in [3.63, 3.8) is 0 Å². The number of hydrogen-bond donors (Lipinski definition) is 1. The highest BCUT2D eigenvalue weighted by Gasteiger charge is 1.90. The Morgan fingerprint density at radius 3 is 2.67 bits per heavy atom. The molecule has 0 aromatic heterocycles. The molecule has 0 saturated heterocycles. The van der Waals surface area contributed by atoms with Gasteiger partial charge in [0.1, 0.15) is 0 Å². The number of rotatable bonds is 4. The Hall–Kier alpha value is -0.890. The van der Waals surface area contributed by atoms with E-state index in [4.69, 9.17) is 0 Å². The predicted octanol–water partition coefficient (Wildman–Crippen LogP) is 2.61. The van der Waals surface area contributed by atoms with Crippen LogP contribution >= 0.6 is 11.8 Å². The van der Waals surface area contributed by atoms with Gasteiger partial charge in [0.2, 0.25) is 0 Å². The SMILES string of the molecule is C=C(NCc1ccccc1)SC. The second-order valence-electron chi connectivity index (χ2n) is 2.47. The van der Waals surface area contributed by atoms with Crippen LogP contribution in [0, 0.1) is 0 Å². The quantitative estimate of drug-likeness (QED) is 0.762. The smallest absolute Gasteiger partial charge is 0.0608 e. The molecule has 0 radical (unpaired) electrons. The number of thioether (sulfide) groups is 1. The zero-order valence-corrected chi connectivity index (χ0v) is 8.03. The lowest BCUT2D eigenvalue weighted by atomic mass is 10.2. The highest BCUT2D eigenvalue weighted by molar-refractivity contribution is 8.02. The van der Waals surface area contributed by atoms with E-state index in [1.807, 2.05) is 24.5 Å². The molecular weight excluding hydrogens is 166 g/mol. The van der Waals surface area contributed by atoms with Crippen molar-refractivity contribution in [2.24, 2.45) is 0 Å². The normalized spacial score (nSPS) is 9.42. The highest BCUT2D eigenvalue weighted by atomic mass is 32.2. The van der Waals surface area contributed by atoms with Crippen molar-refractivity contribution in [3.8, 4) is 0 Å². The fourth-order valence-corrected chi connectivity index (χ4v) is 1.09. The van der Waals surface area contributed by atoms with Gasteiger partial charge in [-0.25, -0.2) is 0 Å². The Kier molecular flexibility index (Phi) is 3.74. The molecule has 0 saturated carbocycles. The molecule has 1 nitrogen and oxygen atoms in total. The van der Waals surface area contributed by atoms with Crippen LogP contribution in [0.5, 0.6) is 0 Å². The van der Waals surface area contributed by atoms with Crippen molar-refractivity contribution >= 4 is 11.8 Å². The Bertz CT molecular complexity index is 243. The van der Waals surface area contributed by atoms with Crippen LogP contribution < -0.4 is 5.32 Å². The van der Waals surface area contributed by atoms with E-state index in [2.05, 4.69) is 24.0 Å². The van der Waals surface area contributed by atoms with Crippen LogP contribution in [0.25, 0.3) is 0 Å². The van der Waals surface area contributed by atoms with Crippen LogP contribution in [0.4, 0.5) is 0 Å². The molecule has 1 N–H and O–H groups in total. The maximum atomic E-state index is 3.84. The molecule has 64 valence electrons. The van der Waals surface area contributed by atoms with E-state index in [1.165, 1.54) is 5.56 Å². The summed E-state index contributed by atoms with van der Waals surface area (Å²) in [4.78, 5) is 0. The first kappa shape index (κ1) is 9.20. The molecule has 12 heavy (non-hydrogen) atoms.